The van der Waals surface area contributed by atoms with Crippen molar-refractivity contribution < 1.29 is 26.9 Å². The third kappa shape index (κ3) is 6.96. The molecule has 0 radical (unpaired) electrons. The maximum atomic E-state index is 12.8. The van der Waals surface area contributed by atoms with Crippen molar-refractivity contribution in [1.29, 1.82) is 5.26 Å². The Bertz CT molecular complexity index is 1560. The van der Waals surface area contributed by atoms with Gasteiger partial charge < -0.3 is 19.6 Å². The molecule has 0 fully saturated rings. The van der Waals surface area contributed by atoms with Crippen LogP contribution in [0.4, 0.5) is 11.4 Å². The minimum atomic E-state index is -4.34. The van der Waals surface area contributed by atoms with Crippen molar-refractivity contribution in [2.24, 2.45) is 0 Å². The lowest BCUT2D eigenvalue weighted by molar-refractivity contribution is -0.114. The molecule has 0 atom stereocenters. The Hall–Kier alpha value is -3.75. The Morgan fingerprint density at radius 1 is 0.974 bits per heavy atom. The molecule has 0 aliphatic heterocycles. The van der Waals surface area contributed by atoms with Gasteiger partial charge in [-0.2, -0.15) is 13.7 Å². The van der Waals surface area contributed by atoms with Crippen LogP contribution in [0.5, 0.6) is 11.5 Å². The second kappa shape index (κ2) is 12.2. The maximum Gasteiger partial charge on any atom is 0.339 e. The van der Waals surface area contributed by atoms with Gasteiger partial charge in [0.15, 0.2) is 5.75 Å². The van der Waals surface area contributed by atoms with Crippen molar-refractivity contribution >= 4 is 74.2 Å². The highest BCUT2D eigenvalue weighted by Gasteiger charge is 2.23. The van der Waals surface area contributed by atoms with Crippen LogP contribution in [0.3, 0.4) is 0 Å². The van der Waals surface area contributed by atoms with E-state index >= 15 is 0 Å². The number of carbonyl (C=O) groups is 2. The van der Waals surface area contributed by atoms with Gasteiger partial charge in [0.05, 0.1) is 27.9 Å². The predicted molar refractivity (Wildman–Crippen MR) is 145 cm³/mol. The van der Waals surface area contributed by atoms with Crippen LogP contribution < -0.4 is 19.6 Å². The number of ether oxygens (including phenoxy) is 1. The van der Waals surface area contributed by atoms with Crippen LogP contribution in [0.1, 0.15) is 12.5 Å². The standard InChI is InChI=1S/C25H18Cl3N3O6S/c1-14(32)30-17-6-8-18(9-7-17)38(34,35)37-24-21(28)11-15(12-22(24)36-2)10-16(13-29)25(33)31-23-19(26)4-3-5-20(23)27/h3-12H,1-2H3,(H,30,32)(H,31,33)/b16-10+. The van der Waals surface area contributed by atoms with E-state index < -0.39 is 16.0 Å². The van der Waals surface area contributed by atoms with Crippen molar-refractivity contribution in [3.8, 4) is 17.6 Å². The third-order valence-corrected chi connectivity index (χ3v) is 6.93. The molecule has 0 aliphatic rings. The zero-order valence-electron chi connectivity index (χ0n) is 19.7. The van der Waals surface area contributed by atoms with E-state index in [2.05, 4.69) is 10.6 Å². The number of hydrogen-bond acceptors (Lipinski definition) is 7. The first-order valence-corrected chi connectivity index (χ1v) is 13.1. The lowest BCUT2D eigenvalue weighted by Crippen LogP contribution is -2.14. The fraction of sp³-hybridized carbons (Fsp3) is 0.0800. The normalized spacial score (nSPS) is 11.3. The summed E-state index contributed by atoms with van der Waals surface area (Å²) in [7, 11) is -3.08. The molecule has 0 saturated carbocycles. The highest BCUT2D eigenvalue weighted by atomic mass is 35.5. The number of para-hydroxylation sites is 1. The Morgan fingerprint density at radius 2 is 1.61 bits per heavy atom. The van der Waals surface area contributed by atoms with Crippen LogP contribution in [0.15, 0.2) is 65.1 Å². The van der Waals surface area contributed by atoms with Crippen LogP contribution in [0.2, 0.25) is 15.1 Å². The lowest BCUT2D eigenvalue weighted by atomic mass is 10.1. The Balaban J connectivity index is 1.90. The average Bonchev–Trinajstić information content (AvgIpc) is 2.86. The minimum absolute atomic E-state index is 0.0750. The van der Waals surface area contributed by atoms with Gasteiger partial charge in [-0.3, -0.25) is 9.59 Å². The van der Waals surface area contributed by atoms with Crippen molar-refractivity contribution in [2.75, 3.05) is 17.7 Å². The van der Waals surface area contributed by atoms with Gasteiger partial charge in [0.25, 0.3) is 5.91 Å². The van der Waals surface area contributed by atoms with E-state index in [0.29, 0.717) is 5.69 Å². The molecule has 2 amide bonds. The molecule has 9 nitrogen and oxygen atoms in total. The molecule has 0 unspecified atom stereocenters. The highest BCUT2D eigenvalue weighted by Crippen LogP contribution is 2.39. The molecule has 3 aromatic carbocycles. The van der Waals surface area contributed by atoms with Gasteiger partial charge >= 0.3 is 10.1 Å². The van der Waals surface area contributed by atoms with Gasteiger partial charge in [0.1, 0.15) is 16.5 Å². The maximum absolute atomic E-state index is 12.8. The number of hydrogen-bond donors (Lipinski definition) is 2. The number of nitriles is 1. The lowest BCUT2D eigenvalue weighted by Gasteiger charge is -2.14. The molecule has 0 bridgehead atoms. The zero-order valence-corrected chi connectivity index (χ0v) is 22.8. The van der Waals surface area contributed by atoms with Crippen LogP contribution in [0, 0.1) is 11.3 Å². The number of methoxy groups -OCH3 is 1. The first-order valence-electron chi connectivity index (χ1n) is 10.5. The Kier molecular flexibility index (Phi) is 9.25. The predicted octanol–water partition coefficient (Wildman–Crippen LogP) is 5.93. The molecule has 0 aliphatic carbocycles. The summed E-state index contributed by atoms with van der Waals surface area (Å²) in [6, 6.07) is 14.4. The molecular weight excluding hydrogens is 577 g/mol. The highest BCUT2D eigenvalue weighted by molar-refractivity contribution is 7.87. The monoisotopic (exact) mass is 593 g/mol. The Morgan fingerprint density at radius 3 is 2.16 bits per heavy atom. The zero-order chi connectivity index (χ0) is 28.0. The van der Waals surface area contributed by atoms with E-state index in [1.54, 1.807) is 12.1 Å². The van der Waals surface area contributed by atoms with Gasteiger partial charge in [-0.05, 0) is 60.2 Å². The third-order valence-electron chi connectivity index (χ3n) is 4.79. The summed E-state index contributed by atoms with van der Waals surface area (Å²) in [5.41, 5.74) is 0.460. The number of rotatable bonds is 8. The smallest absolute Gasteiger partial charge is 0.339 e. The number of nitrogens with zero attached hydrogens (tertiary/aromatic N) is 1. The summed E-state index contributed by atoms with van der Waals surface area (Å²) in [4.78, 5) is 23.6. The number of benzene rings is 3. The topological polar surface area (TPSA) is 135 Å². The molecule has 0 spiro atoms. The SMILES string of the molecule is COc1cc(/C=C(\C#N)C(=O)Nc2c(Cl)cccc2Cl)cc(Cl)c1OS(=O)(=O)c1ccc(NC(C)=O)cc1. The molecule has 0 saturated heterocycles. The van der Waals surface area contributed by atoms with Gasteiger partial charge in [0, 0.05) is 12.6 Å². The molecular formula is C25H18Cl3N3O6S. The summed E-state index contributed by atoms with van der Waals surface area (Å²) in [6.45, 7) is 1.32. The van der Waals surface area contributed by atoms with Crippen LogP contribution in [0.25, 0.3) is 6.08 Å². The van der Waals surface area contributed by atoms with Crippen LogP contribution in [-0.2, 0) is 19.7 Å². The van der Waals surface area contributed by atoms with E-state index in [4.69, 9.17) is 43.7 Å². The van der Waals surface area contributed by atoms with E-state index in [1.807, 2.05) is 0 Å². The number of halogens is 3. The van der Waals surface area contributed by atoms with Gasteiger partial charge in [-0.1, -0.05) is 40.9 Å². The number of anilines is 2. The fourth-order valence-corrected chi connectivity index (χ4v) is 4.84. The minimum Gasteiger partial charge on any atom is -0.493 e. The quantitative estimate of drug-likeness (QED) is 0.188. The molecule has 0 heterocycles. The van der Waals surface area contributed by atoms with E-state index in [1.165, 1.54) is 68.6 Å². The van der Waals surface area contributed by atoms with Crippen molar-refractivity contribution in [1.82, 2.24) is 0 Å². The summed E-state index contributed by atoms with van der Waals surface area (Å²) < 4.78 is 36.1. The van der Waals surface area contributed by atoms with Crippen LogP contribution >= 0.6 is 34.8 Å². The second-order valence-corrected chi connectivity index (χ2v) is 10.3. The average molecular weight is 595 g/mol. The molecule has 38 heavy (non-hydrogen) atoms. The van der Waals surface area contributed by atoms with E-state index in [9.17, 15) is 23.3 Å². The molecule has 13 heteroatoms. The van der Waals surface area contributed by atoms with Gasteiger partial charge in [-0.25, -0.2) is 0 Å². The second-order valence-electron chi connectivity index (χ2n) is 7.50. The van der Waals surface area contributed by atoms with Gasteiger partial charge in [-0.15, -0.1) is 0 Å². The fourth-order valence-electron chi connectivity index (χ4n) is 3.08. The molecule has 196 valence electrons. The number of amides is 2. The summed E-state index contributed by atoms with van der Waals surface area (Å²) in [5.74, 6) is -1.48. The molecule has 3 aromatic rings. The molecule has 3 rings (SSSR count). The summed E-state index contributed by atoms with van der Waals surface area (Å²) in [6.07, 6.45) is 1.22. The van der Waals surface area contributed by atoms with E-state index in [-0.39, 0.29) is 54.2 Å². The first-order chi connectivity index (χ1) is 17.9. The number of carbonyl (C=O) groups excluding carboxylic acids is 2. The largest absolute Gasteiger partial charge is 0.493 e. The van der Waals surface area contributed by atoms with Crippen LogP contribution in [-0.4, -0.2) is 27.3 Å². The van der Waals surface area contributed by atoms with Gasteiger partial charge in [0.2, 0.25) is 11.7 Å². The van der Waals surface area contributed by atoms with E-state index in [0.717, 1.165) is 0 Å². The summed E-state index contributed by atoms with van der Waals surface area (Å²) in [5, 5.41) is 14.7. The van der Waals surface area contributed by atoms with Crippen molar-refractivity contribution in [2.45, 2.75) is 11.8 Å². The van der Waals surface area contributed by atoms with Crippen molar-refractivity contribution in [3.05, 3.63) is 80.8 Å². The Labute approximate surface area is 233 Å². The number of nitrogens with one attached hydrogen (secondary N) is 2. The molecule has 2 N–H and O–H groups in total. The molecule has 0 aromatic heterocycles. The summed E-state index contributed by atoms with van der Waals surface area (Å²) >= 11 is 18.4. The first kappa shape index (κ1) is 28.8. The van der Waals surface area contributed by atoms with Crippen molar-refractivity contribution in [3.63, 3.8) is 0 Å².